The maximum absolute atomic E-state index is 6.07. The molecule has 0 spiro atoms. The van der Waals surface area contributed by atoms with Crippen molar-refractivity contribution in [2.45, 2.75) is 26.3 Å². The lowest BCUT2D eigenvalue weighted by atomic mass is 10.3. The molecule has 2 N–H and O–H groups in total. The summed E-state index contributed by atoms with van der Waals surface area (Å²) in [6, 6.07) is 6.11. The van der Waals surface area contributed by atoms with Gasteiger partial charge in [-0.25, -0.2) is 9.97 Å². The van der Waals surface area contributed by atoms with E-state index in [1.807, 2.05) is 23.6 Å². The quantitative estimate of drug-likeness (QED) is 0.793. The van der Waals surface area contributed by atoms with E-state index in [4.69, 9.17) is 22.3 Å². The van der Waals surface area contributed by atoms with Crippen LogP contribution in [0.2, 0.25) is 5.02 Å². The Kier molecular flexibility index (Phi) is 3.97. The molecule has 0 fully saturated rings. The van der Waals surface area contributed by atoms with Gasteiger partial charge in [0.25, 0.3) is 0 Å². The Balaban J connectivity index is 2.18. The number of aromatic nitrogens is 3. The second kappa shape index (κ2) is 5.75. The van der Waals surface area contributed by atoms with Gasteiger partial charge in [-0.15, -0.1) is 11.3 Å². The van der Waals surface area contributed by atoms with Crippen molar-refractivity contribution in [2.75, 3.05) is 6.54 Å². The average molecular weight is 321 g/mol. The third kappa shape index (κ3) is 2.69. The Hall–Kier alpha value is -1.43. The minimum absolute atomic E-state index is 0.297. The molecule has 3 rings (SSSR count). The number of hydrogen-bond acceptors (Lipinski definition) is 4. The van der Waals surface area contributed by atoms with Crippen LogP contribution in [0.1, 0.15) is 24.9 Å². The van der Waals surface area contributed by atoms with Gasteiger partial charge in [-0.2, -0.15) is 0 Å². The van der Waals surface area contributed by atoms with Crippen LogP contribution >= 0.6 is 22.9 Å². The van der Waals surface area contributed by atoms with Crippen LogP contribution in [-0.2, 0) is 6.42 Å². The van der Waals surface area contributed by atoms with Crippen molar-refractivity contribution in [3.05, 3.63) is 33.6 Å². The lowest BCUT2D eigenvalue weighted by Gasteiger charge is -2.11. The van der Waals surface area contributed by atoms with Crippen molar-refractivity contribution in [3.8, 4) is 11.5 Å². The van der Waals surface area contributed by atoms with E-state index in [0.29, 0.717) is 17.6 Å². The summed E-state index contributed by atoms with van der Waals surface area (Å²) in [6.45, 7) is 4.90. The molecule has 0 aliphatic rings. The number of nitrogens with two attached hydrogens (primary N) is 1. The van der Waals surface area contributed by atoms with E-state index >= 15 is 0 Å². The summed E-state index contributed by atoms with van der Waals surface area (Å²) < 4.78 is 2.20. The average Bonchev–Trinajstić information content (AvgIpc) is 3.02. The predicted molar refractivity (Wildman–Crippen MR) is 89.0 cm³/mol. The Morgan fingerprint density at radius 1 is 1.33 bits per heavy atom. The normalized spacial score (nSPS) is 11.7. The number of rotatable bonds is 4. The summed E-state index contributed by atoms with van der Waals surface area (Å²) in [4.78, 5) is 9.38. The monoisotopic (exact) mass is 320 g/mol. The molecule has 0 saturated heterocycles. The minimum Gasteiger partial charge on any atom is -0.330 e. The summed E-state index contributed by atoms with van der Waals surface area (Å²) in [5.41, 5.74) is 8.49. The second-order valence-corrected chi connectivity index (χ2v) is 6.58. The Morgan fingerprint density at radius 2 is 2.14 bits per heavy atom. The summed E-state index contributed by atoms with van der Waals surface area (Å²) in [5.74, 6) is 0.891. The van der Waals surface area contributed by atoms with Gasteiger partial charge in [0.1, 0.15) is 5.69 Å². The highest BCUT2D eigenvalue weighted by atomic mass is 35.5. The highest BCUT2D eigenvalue weighted by Crippen LogP contribution is 2.30. The first-order valence-corrected chi connectivity index (χ1v) is 8.18. The molecule has 110 valence electrons. The molecule has 0 aliphatic carbocycles. The number of imidazole rings is 1. The number of thiazole rings is 1. The largest absolute Gasteiger partial charge is 0.330 e. The van der Waals surface area contributed by atoms with Crippen LogP contribution in [0, 0.1) is 0 Å². The van der Waals surface area contributed by atoms with Crippen molar-refractivity contribution >= 4 is 34.0 Å². The van der Waals surface area contributed by atoms with E-state index in [-0.39, 0.29) is 0 Å². The lowest BCUT2D eigenvalue weighted by molar-refractivity contribution is 0.623. The molecule has 0 atom stereocenters. The molecular formula is C15H17ClN4S. The number of halogens is 1. The van der Waals surface area contributed by atoms with Crippen molar-refractivity contribution in [3.63, 3.8) is 0 Å². The van der Waals surface area contributed by atoms with Crippen LogP contribution in [-0.4, -0.2) is 21.1 Å². The predicted octanol–water partition coefficient (Wildman–Crippen LogP) is 3.90. The van der Waals surface area contributed by atoms with Crippen LogP contribution < -0.4 is 5.73 Å². The third-order valence-electron chi connectivity index (χ3n) is 3.31. The molecule has 2 aromatic heterocycles. The van der Waals surface area contributed by atoms with E-state index < -0.39 is 0 Å². The van der Waals surface area contributed by atoms with Gasteiger partial charge < -0.3 is 10.3 Å². The number of benzene rings is 1. The zero-order valence-corrected chi connectivity index (χ0v) is 13.6. The Morgan fingerprint density at radius 3 is 2.86 bits per heavy atom. The SMILES string of the molecule is CC(C)n1c(-c2csc(CCN)n2)nc2cc(Cl)ccc21. The van der Waals surface area contributed by atoms with Crippen LogP contribution in [0.3, 0.4) is 0 Å². The topological polar surface area (TPSA) is 56.7 Å². The number of fused-ring (bicyclic) bond motifs is 1. The zero-order valence-electron chi connectivity index (χ0n) is 12.0. The van der Waals surface area contributed by atoms with Crippen molar-refractivity contribution in [2.24, 2.45) is 5.73 Å². The van der Waals surface area contributed by atoms with Gasteiger partial charge >= 0.3 is 0 Å². The van der Waals surface area contributed by atoms with Gasteiger partial charge in [-0.05, 0) is 38.6 Å². The molecule has 0 unspecified atom stereocenters. The van der Waals surface area contributed by atoms with E-state index in [1.54, 1.807) is 11.3 Å². The van der Waals surface area contributed by atoms with Crippen LogP contribution in [0.4, 0.5) is 0 Å². The Bertz CT molecular complexity index is 775. The highest BCUT2D eigenvalue weighted by Gasteiger charge is 2.17. The first-order chi connectivity index (χ1) is 10.1. The standard InChI is InChI=1S/C15H17ClN4S/c1-9(2)20-13-4-3-10(16)7-11(13)19-15(20)12-8-21-14(18-12)5-6-17/h3-4,7-9H,5-6,17H2,1-2H3. The fourth-order valence-corrected chi connectivity index (χ4v) is 3.39. The van der Waals surface area contributed by atoms with E-state index in [2.05, 4.69) is 23.4 Å². The van der Waals surface area contributed by atoms with Crippen LogP contribution in [0.25, 0.3) is 22.6 Å². The summed E-state index contributed by atoms with van der Waals surface area (Å²) >= 11 is 7.71. The van der Waals surface area contributed by atoms with E-state index in [1.165, 1.54) is 0 Å². The summed E-state index contributed by atoms with van der Waals surface area (Å²) in [5, 5.41) is 3.80. The molecule has 0 radical (unpaired) electrons. The maximum atomic E-state index is 6.07. The molecular weight excluding hydrogens is 304 g/mol. The first-order valence-electron chi connectivity index (χ1n) is 6.92. The lowest BCUT2D eigenvalue weighted by Crippen LogP contribution is -2.04. The van der Waals surface area contributed by atoms with Crippen molar-refractivity contribution < 1.29 is 0 Å². The minimum atomic E-state index is 0.297. The second-order valence-electron chi connectivity index (χ2n) is 5.20. The molecule has 1 aromatic carbocycles. The van der Waals surface area contributed by atoms with Gasteiger partial charge in [0.15, 0.2) is 5.82 Å². The molecule has 0 aliphatic heterocycles. The summed E-state index contributed by atoms with van der Waals surface area (Å²) in [7, 11) is 0. The van der Waals surface area contributed by atoms with Gasteiger partial charge in [-0.3, -0.25) is 0 Å². The first kappa shape index (κ1) is 14.5. The fraction of sp³-hybridized carbons (Fsp3) is 0.333. The molecule has 4 nitrogen and oxygen atoms in total. The molecule has 21 heavy (non-hydrogen) atoms. The van der Waals surface area contributed by atoms with Crippen LogP contribution in [0.5, 0.6) is 0 Å². The molecule has 0 saturated carbocycles. The third-order valence-corrected chi connectivity index (χ3v) is 4.45. The number of nitrogens with zero attached hydrogens (tertiary/aromatic N) is 3. The smallest absolute Gasteiger partial charge is 0.160 e. The van der Waals surface area contributed by atoms with E-state index in [0.717, 1.165) is 34.0 Å². The fourth-order valence-electron chi connectivity index (χ4n) is 2.43. The Labute approximate surface area is 132 Å². The van der Waals surface area contributed by atoms with Gasteiger partial charge in [-0.1, -0.05) is 11.6 Å². The zero-order chi connectivity index (χ0) is 15.0. The molecule has 2 heterocycles. The van der Waals surface area contributed by atoms with Gasteiger partial charge in [0, 0.05) is 22.9 Å². The van der Waals surface area contributed by atoms with Gasteiger partial charge in [0.2, 0.25) is 0 Å². The molecule has 3 aromatic rings. The molecule has 0 bridgehead atoms. The summed E-state index contributed by atoms with van der Waals surface area (Å²) in [6.07, 6.45) is 0.804. The number of hydrogen-bond donors (Lipinski definition) is 1. The van der Waals surface area contributed by atoms with Crippen LogP contribution in [0.15, 0.2) is 23.6 Å². The highest BCUT2D eigenvalue weighted by molar-refractivity contribution is 7.09. The van der Waals surface area contributed by atoms with E-state index in [9.17, 15) is 0 Å². The van der Waals surface area contributed by atoms with Crippen molar-refractivity contribution in [1.82, 2.24) is 14.5 Å². The van der Waals surface area contributed by atoms with Gasteiger partial charge in [0.05, 0.1) is 16.0 Å². The molecule has 0 amide bonds. The molecule has 6 heteroatoms. The van der Waals surface area contributed by atoms with Crippen molar-refractivity contribution in [1.29, 1.82) is 0 Å². The maximum Gasteiger partial charge on any atom is 0.160 e.